The van der Waals surface area contributed by atoms with E-state index >= 15 is 0 Å². The van der Waals surface area contributed by atoms with Crippen molar-refractivity contribution in [3.63, 3.8) is 0 Å². The van der Waals surface area contributed by atoms with Crippen LogP contribution in [-0.4, -0.2) is 10.1 Å². The summed E-state index contributed by atoms with van der Waals surface area (Å²) in [5.74, 6) is 0. The van der Waals surface area contributed by atoms with Crippen LogP contribution < -0.4 is 0 Å². The molecule has 1 aliphatic carbocycles. The lowest BCUT2D eigenvalue weighted by Gasteiger charge is -2.26. The molecule has 0 saturated heterocycles. The third-order valence-corrected chi connectivity index (χ3v) is 4.04. The van der Waals surface area contributed by atoms with Crippen LogP contribution in [0.2, 0.25) is 0 Å². The minimum Gasteiger partial charge on any atom is -0.385 e. The van der Waals surface area contributed by atoms with Crippen LogP contribution >= 0.6 is 27.3 Å². The van der Waals surface area contributed by atoms with Gasteiger partial charge in [0.15, 0.2) is 3.92 Å². The molecule has 1 unspecified atom stereocenters. The number of rotatable bonds is 0. The average Bonchev–Trinajstić information content (AvgIpc) is 2.30. The van der Waals surface area contributed by atoms with Gasteiger partial charge in [-0.15, -0.1) is 11.3 Å². The molecule has 0 radical (unpaired) electrons. The first kappa shape index (κ1) is 8.66. The average molecular weight is 248 g/mol. The lowest BCUT2D eigenvalue weighted by molar-refractivity contribution is 0.0422. The number of nitrogens with zero attached hydrogens (tertiary/aromatic N) is 1. The van der Waals surface area contributed by atoms with Gasteiger partial charge < -0.3 is 5.11 Å². The second kappa shape index (κ2) is 2.79. The third-order valence-electron chi connectivity index (χ3n) is 2.24. The van der Waals surface area contributed by atoms with E-state index in [2.05, 4.69) is 20.9 Å². The first-order valence-corrected chi connectivity index (χ1v) is 5.58. The number of halogens is 1. The van der Waals surface area contributed by atoms with Crippen LogP contribution in [0.4, 0.5) is 0 Å². The monoisotopic (exact) mass is 247 g/mol. The number of fused-ring (bicyclic) bond motifs is 1. The summed E-state index contributed by atoms with van der Waals surface area (Å²) in [6.07, 6.45) is 2.90. The molecule has 0 aromatic carbocycles. The summed E-state index contributed by atoms with van der Waals surface area (Å²) in [5.41, 5.74) is 0.431. The van der Waals surface area contributed by atoms with Crippen molar-refractivity contribution in [2.24, 2.45) is 0 Å². The minimum atomic E-state index is -0.642. The zero-order valence-electron chi connectivity index (χ0n) is 6.80. The Kier molecular flexibility index (Phi) is 2.01. The first-order chi connectivity index (χ1) is 5.59. The van der Waals surface area contributed by atoms with Gasteiger partial charge in [-0.05, 0) is 42.1 Å². The molecule has 1 aromatic rings. The maximum atomic E-state index is 9.99. The Hall–Kier alpha value is 0.0700. The summed E-state index contributed by atoms with van der Waals surface area (Å²) in [4.78, 5) is 5.36. The van der Waals surface area contributed by atoms with Crippen molar-refractivity contribution in [2.45, 2.75) is 31.8 Å². The summed E-state index contributed by atoms with van der Waals surface area (Å²) < 4.78 is 0.884. The molecule has 12 heavy (non-hydrogen) atoms. The molecule has 0 bridgehead atoms. The van der Waals surface area contributed by atoms with Crippen LogP contribution in [0.3, 0.4) is 0 Å². The van der Waals surface area contributed by atoms with Gasteiger partial charge in [0.2, 0.25) is 0 Å². The number of aryl methyl sites for hydroxylation is 1. The zero-order chi connectivity index (χ0) is 8.77. The third kappa shape index (κ3) is 1.32. The fourth-order valence-corrected chi connectivity index (χ4v) is 3.24. The molecular weight excluding hydrogens is 238 g/mol. The van der Waals surface area contributed by atoms with Gasteiger partial charge in [0.1, 0.15) is 0 Å². The number of aromatic nitrogens is 1. The Morgan fingerprint density at radius 3 is 3.08 bits per heavy atom. The highest BCUT2D eigenvalue weighted by Gasteiger charge is 2.32. The standard InChI is InChI=1S/C8H10BrNOS/c1-8(11)4-2-3-5-6(8)12-7(9)10-5/h11H,2-4H2,1H3. The molecule has 1 heterocycles. The van der Waals surface area contributed by atoms with Crippen molar-refractivity contribution >= 4 is 27.3 Å². The van der Waals surface area contributed by atoms with Crippen LogP contribution in [0.5, 0.6) is 0 Å². The fourth-order valence-electron chi connectivity index (χ4n) is 1.63. The number of aliphatic hydroxyl groups is 1. The number of hydrogen-bond donors (Lipinski definition) is 1. The fraction of sp³-hybridized carbons (Fsp3) is 0.625. The number of thiazole rings is 1. The molecule has 0 aliphatic heterocycles. The smallest absolute Gasteiger partial charge is 0.159 e. The van der Waals surface area contributed by atoms with Crippen molar-refractivity contribution in [1.29, 1.82) is 0 Å². The highest BCUT2D eigenvalue weighted by atomic mass is 79.9. The van der Waals surface area contributed by atoms with E-state index in [1.54, 1.807) is 11.3 Å². The van der Waals surface area contributed by atoms with E-state index in [1.165, 1.54) is 0 Å². The van der Waals surface area contributed by atoms with Gasteiger partial charge in [-0.3, -0.25) is 0 Å². The topological polar surface area (TPSA) is 33.1 Å². The molecule has 1 aliphatic rings. The summed E-state index contributed by atoms with van der Waals surface area (Å²) in [7, 11) is 0. The van der Waals surface area contributed by atoms with Gasteiger partial charge in [0.05, 0.1) is 16.2 Å². The second-order valence-electron chi connectivity index (χ2n) is 3.37. The van der Waals surface area contributed by atoms with E-state index in [9.17, 15) is 5.11 Å². The van der Waals surface area contributed by atoms with Gasteiger partial charge >= 0.3 is 0 Å². The predicted octanol–water partition coefficient (Wildman–Crippen LogP) is 2.45. The Balaban J connectivity index is 2.51. The quantitative estimate of drug-likeness (QED) is 0.765. The normalized spacial score (nSPS) is 28.6. The van der Waals surface area contributed by atoms with Crippen LogP contribution in [0.1, 0.15) is 30.3 Å². The van der Waals surface area contributed by atoms with Gasteiger partial charge in [0.25, 0.3) is 0 Å². The zero-order valence-corrected chi connectivity index (χ0v) is 9.20. The predicted molar refractivity (Wildman–Crippen MR) is 52.3 cm³/mol. The number of hydrogen-bond acceptors (Lipinski definition) is 3. The Morgan fingerprint density at radius 1 is 1.67 bits per heavy atom. The Morgan fingerprint density at radius 2 is 2.42 bits per heavy atom. The molecule has 4 heteroatoms. The maximum absolute atomic E-state index is 9.99. The van der Waals surface area contributed by atoms with E-state index in [1.807, 2.05) is 6.92 Å². The van der Waals surface area contributed by atoms with Crippen LogP contribution in [-0.2, 0) is 12.0 Å². The van der Waals surface area contributed by atoms with E-state index in [4.69, 9.17) is 0 Å². The summed E-state index contributed by atoms with van der Waals surface area (Å²) in [6, 6.07) is 0. The molecule has 2 rings (SSSR count). The first-order valence-electron chi connectivity index (χ1n) is 3.98. The minimum absolute atomic E-state index is 0.642. The summed E-state index contributed by atoms with van der Waals surface area (Å²) in [5, 5.41) is 9.99. The van der Waals surface area contributed by atoms with Crippen LogP contribution in [0.15, 0.2) is 3.92 Å². The maximum Gasteiger partial charge on any atom is 0.159 e. The molecule has 0 saturated carbocycles. The van der Waals surface area contributed by atoms with Crippen LogP contribution in [0.25, 0.3) is 0 Å². The summed E-state index contributed by atoms with van der Waals surface area (Å²) >= 11 is 4.89. The van der Waals surface area contributed by atoms with Crippen molar-refractivity contribution in [3.05, 3.63) is 14.5 Å². The molecule has 0 fully saturated rings. The largest absolute Gasteiger partial charge is 0.385 e. The Bertz CT molecular complexity index is 308. The SMILES string of the molecule is CC1(O)CCCc2nc(Br)sc21. The highest BCUT2D eigenvalue weighted by Crippen LogP contribution is 2.39. The molecule has 1 aromatic heterocycles. The molecule has 66 valence electrons. The highest BCUT2D eigenvalue weighted by molar-refractivity contribution is 9.11. The van der Waals surface area contributed by atoms with E-state index in [0.29, 0.717) is 0 Å². The van der Waals surface area contributed by atoms with Gasteiger partial charge in [-0.1, -0.05) is 0 Å². The lowest BCUT2D eigenvalue weighted by Crippen LogP contribution is -2.25. The van der Waals surface area contributed by atoms with Crippen LogP contribution in [0, 0.1) is 0 Å². The van der Waals surface area contributed by atoms with Gasteiger partial charge in [0, 0.05) is 0 Å². The van der Waals surface area contributed by atoms with Crippen molar-refractivity contribution in [2.75, 3.05) is 0 Å². The van der Waals surface area contributed by atoms with E-state index < -0.39 is 5.60 Å². The summed E-state index contributed by atoms with van der Waals surface area (Å²) in [6.45, 7) is 1.87. The van der Waals surface area contributed by atoms with Crippen molar-refractivity contribution in [3.8, 4) is 0 Å². The van der Waals surface area contributed by atoms with E-state index in [-0.39, 0.29) is 0 Å². The van der Waals surface area contributed by atoms with Gasteiger partial charge in [-0.2, -0.15) is 0 Å². The van der Waals surface area contributed by atoms with E-state index in [0.717, 1.165) is 33.8 Å². The van der Waals surface area contributed by atoms with Crippen molar-refractivity contribution < 1.29 is 5.11 Å². The molecular formula is C8H10BrNOS. The van der Waals surface area contributed by atoms with Crippen molar-refractivity contribution in [1.82, 2.24) is 4.98 Å². The molecule has 0 spiro atoms. The molecule has 0 amide bonds. The molecule has 1 N–H and O–H groups in total. The van der Waals surface area contributed by atoms with Gasteiger partial charge in [-0.25, -0.2) is 4.98 Å². The Labute approximate surface area is 83.8 Å². The second-order valence-corrected chi connectivity index (χ2v) is 5.65. The molecule has 2 nitrogen and oxygen atoms in total. The molecule has 1 atom stereocenters. The lowest BCUT2D eigenvalue weighted by atomic mass is 9.89.